The van der Waals surface area contributed by atoms with E-state index < -0.39 is 23.2 Å². The molecule has 126 valence electrons. The van der Waals surface area contributed by atoms with Gasteiger partial charge in [-0.25, -0.2) is 8.78 Å². The molecule has 1 unspecified atom stereocenters. The van der Waals surface area contributed by atoms with Crippen molar-refractivity contribution in [3.63, 3.8) is 0 Å². The van der Waals surface area contributed by atoms with E-state index in [2.05, 4.69) is 10.3 Å². The van der Waals surface area contributed by atoms with Crippen LogP contribution in [0.15, 0.2) is 42.7 Å². The molecule has 4 nitrogen and oxygen atoms in total. The van der Waals surface area contributed by atoms with E-state index in [-0.39, 0.29) is 18.0 Å². The van der Waals surface area contributed by atoms with E-state index in [1.54, 1.807) is 24.5 Å². The molecule has 1 heterocycles. The molecule has 0 radical (unpaired) electrons. The maximum atomic E-state index is 14.1. The van der Waals surface area contributed by atoms with Crippen molar-refractivity contribution in [1.82, 2.24) is 10.3 Å². The molecule has 1 aliphatic carbocycles. The fourth-order valence-electron chi connectivity index (χ4n) is 3.09. The number of pyridine rings is 1. The highest BCUT2D eigenvalue weighted by Gasteiger charge is 2.47. The lowest BCUT2D eigenvalue weighted by Gasteiger charge is -2.41. The molecule has 2 N–H and O–H groups in total. The number of carbonyl (C=O) groups is 1. The van der Waals surface area contributed by atoms with Crippen LogP contribution in [-0.4, -0.2) is 22.5 Å². The summed E-state index contributed by atoms with van der Waals surface area (Å²) in [5.74, 6) is -1.72. The van der Waals surface area contributed by atoms with Gasteiger partial charge >= 0.3 is 0 Å². The first-order chi connectivity index (χ1) is 11.5. The third kappa shape index (κ3) is 3.01. The van der Waals surface area contributed by atoms with Gasteiger partial charge in [0.1, 0.15) is 11.6 Å². The summed E-state index contributed by atoms with van der Waals surface area (Å²) in [7, 11) is 0. The van der Waals surface area contributed by atoms with Crippen molar-refractivity contribution in [3.8, 4) is 0 Å². The van der Waals surface area contributed by atoms with Crippen molar-refractivity contribution in [2.24, 2.45) is 0 Å². The molecule has 1 aliphatic rings. The zero-order valence-corrected chi connectivity index (χ0v) is 13.0. The lowest BCUT2D eigenvalue weighted by atomic mass is 9.63. The maximum Gasteiger partial charge on any atom is 0.230 e. The summed E-state index contributed by atoms with van der Waals surface area (Å²) in [4.78, 5) is 16.5. The Hall–Kier alpha value is -2.34. The highest BCUT2D eigenvalue weighted by Crippen LogP contribution is 2.45. The van der Waals surface area contributed by atoms with Gasteiger partial charge in [-0.3, -0.25) is 9.78 Å². The van der Waals surface area contributed by atoms with Gasteiger partial charge in [0.25, 0.3) is 0 Å². The van der Waals surface area contributed by atoms with Crippen LogP contribution in [0.25, 0.3) is 0 Å². The highest BCUT2D eigenvalue weighted by atomic mass is 19.1. The molecule has 1 fully saturated rings. The molecule has 6 heteroatoms. The molecule has 3 rings (SSSR count). The first kappa shape index (κ1) is 16.5. The number of nitrogens with one attached hydrogen (secondary N) is 1. The van der Waals surface area contributed by atoms with Gasteiger partial charge in [0, 0.05) is 30.6 Å². The summed E-state index contributed by atoms with van der Waals surface area (Å²) in [6, 6.07) is 6.62. The molecule has 2 aromatic rings. The van der Waals surface area contributed by atoms with Crippen LogP contribution in [0.1, 0.15) is 36.5 Å². The zero-order chi connectivity index (χ0) is 17.2. The van der Waals surface area contributed by atoms with Gasteiger partial charge < -0.3 is 10.4 Å². The minimum Gasteiger partial charge on any atom is -0.387 e. The van der Waals surface area contributed by atoms with Gasteiger partial charge in [0.2, 0.25) is 5.91 Å². The first-order valence-corrected chi connectivity index (χ1v) is 7.85. The monoisotopic (exact) mass is 332 g/mol. The third-order valence-corrected chi connectivity index (χ3v) is 4.64. The number of halogens is 2. The molecular formula is C18H18F2N2O2. The summed E-state index contributed by atoms with van der Waals surface area (Å²) in [6.45, 7) is 0.0212. The van der Waals surface area contributed by atoms with E-state index in [1.807, 2.05) is 0 Å². The molecule has 0 bridgehead atoms. The van der Waals surface area contributed by atoms with E-state index in [4.69, 9.17) is 0 Å². The average molecular weight is 332 g/mol. The Kier molecular flexibility index (Phi) is 4.57. The van der Waals surface area contributed by atoms with Crippen LogP contribution in [0, 0.1) is 11.6 Å². The molecule has 1 atom stereocenters. The van der Waals surface area contributed by atoms with Gasteiger partial charge in [-0.05, 0) is 36.6 Å². The summed E-state index contributed by atoms with van der Waals surface area (Å²) in [6.07, 6.45) is 4.06. The Bertz CT molecular complexity index is 733. The number of aromatic nitrogens is 1. The van der Waals surface area contributed by atoms with Crippen molar-refractivity contribution >= 4 is 5.91 Å². The minimum atomic E-state index is -0.976. The SMILES string of the molecule is O=C(NCC(O)c1ccncc1)C1(c2ccc(F)cc2F)CCC1. The lowest BCUT2D eigenvalue weighted by Crippen LogP contribution is -2.50. The van der Waals surface area contributed by atoms with Crippen LogP contribution >= 0.6 is 0 Å². The normalized spacial score (nSPS) is 17.0. The van der Waals surface area contributed by atoms with Crippen LogP contribution in [-0.2, 0) is 10.2 Å². The molecule has 1 aromatic carbocycles. The zero-order valence-electron chi connectivity index (χ0n) is 13.0. The second-order valence-electron chi connectivity index (χ2n) is 6.07. The first-order valence-electron chi connectivity index (χ1n) is 7.85. The average Bonchev–Trinajstić information content (AvgIpc) is 2.54. The van der Waals surface area contributed by atoms with E-state index in [9.17, 15) is 18.7 Å². The number of nitrogens with zero attached hydrogens (tertiary/aromatic N) is 1. The Morgan fingerprint density at radius 3 is 2.54 bits per heavy atom. The number of rotatable bonds is 5. The van der Waals surface area contributed by atoms with Crippen LogP contribution in [0.3, 0.4) is 0 Å². The molecule has 0 spiro atoms. The van der Waals surface area contributed by atoms with E-state index >= 15 is 0 Å². The fraction of sp³-hybridized carbons (Fsp3) is 0.333. The number of hydrogen-bond donors (Lipinski definition) is 2. The number of carbonyl (C=O) groups excluding carboxylic acids is 1. The van der Waals surface area contributed by atoms with Gasteiger partial charge in [-0.2, -0.15) is 0 Å². The van der Waals surface area contributed by atoms with Crippen LogP contribution in [0.4, 0.5) is 8.78 Å². The number of hydrogen-bond acceptors (Lipinski definition) is 3. The number of amides is 1. The summed E-state index contributed by atoms with van der Waals surface area (Å²) < 4.78 is 27.2. The van der Waals surface area contributed by atoms with E-state index in [1.165, 1.54) is 6.07 Å². The smallest absolute Gasteiger partial charge is 0.230 e. The summed E-state index contributed by atoms with van der Waals surface area (Å²) in [5, 5.41) is 12.8. The van der Waals surface area contributed by atoms with Crippen LogP contribution < -0.4 is 5.32 Å². The molecule has 0 saturated heterocycles. The second kappa shape index (κ2) is 6.65. The highest BCUT2D eigenvalue weighted by molar-refractivity contribution is 5.89. The summed E-state index contributed by atoms with van der Waals surface area (Å²) in [5.41, 5.74) is -0.123. The van der Waals surface area contributed by atoms with Gasteiger partial charge in [0.05, 0.1) is 11.5 Å². The lowest BCUT2D eigenvalue weighted by molar-refractivity contribution is -0.130. The number of aliphatic hydroxyl groups excluding tert-OH is 1. The largest absolute Gasteiger partial charge is 0.387 e. The third-order valence-electron chi connectivity index (χ3n) is 4.64. The maximum absolute atomic E-state index is 14.1. The van der Waals surface area contributed by atoms with E-state index in [0.29, 0.717) is 18.4 Å². The van der Waals surface area contributed by atoms with Crippen molar-refractivity contribution in [1.29, 1.82) is 0 Å². The quantitative estimate of drug-likeness (QED) is 0.885. The number of aliphatic hydroxyl groups is 1. The molecule has 24 heavy (non-hydrogen) atoms. The Balaban J connectivity index is 1.73. The Morgan fingerprint density at radius 1 is 1.25 bits per heavy atom. The summed E-state index contributed by atoms with van der Waals surface area (Å²) >= 11 is 0. The van der Waals surface area contributed by atoms with Crippen molar-refractivity contribution in [2.45, 2.75) is 30.8 Å². The van der Waals surface area contributed by atoms with Gasteiger partial charge in [0.15, 0.2) is 0 Å². The molecule has 0 aliphatic heterocycles. The standard InChI is InChI=1S/C18H18F2N2O2/c19-13-2-3-14(15(20)10-13)18(6-1-7-18)17(24)22-11-16(23)12-4-8-21-9-5-12/h2-5,8-10,16,23H,1,6-7,11H2,(H,22,24). The Labute approximate surface area is 138 Å². The van der Waals surface area contributed by atoms with Crippen molar-refractivity contribution in [3.05, 3.63) is 65.5 Å². The molecule has 1 saturated carbocycles. The van der Waals surface area contributed by atoms with Gasteiger partial charge in [-0.1, -0.05) is 12.5 Å². The topological polar surface area (TPSA) is 62.2 Å². The predicted octanol–water partition coefficient (Wildman–Crippen LogP) is 2.63. The van der Waals surface area contributed by atoms with Gasteiger partial charge in [-0.15, -0.1) is 0 Å². The number of benzene rings is 1. The molecular weight excluding hydrogens is 314 g/mol. The van der Waals surface area contributed by atoms with Crippen LogP contribution in [0.2, 0.25) is 0 Å². The predicted molar refractivity (Wildman–Crippen MR) is 84.1 cm³/mol. The Morgan fingerprint density at radius 2 is 1.96 bits per heavy atom. The van der Waals surface area contributed by atoms with Crippen LogP contribution in [0.5, 0.6) is 0 Å². The molecule has 1 aromatic heterocycles. The van der Waals surface area contributed by atoms with Crippen molar-refractivity contribution in [2.75, 3.05) is 6.54 Å². The minimum absolute atomic E-state index is 0.0212. The molecule has 1 amide bonds. The van der Waals surface area contributed by atoms with E-state index in [0.717, 1.165) is 18.6 Å². The van der Waals surface area contributed by atoms with Crippen molar-refractivity contribution < 1.29 is 18.7 Å². The second-order valence-corrected chi connectivity index (χ2v) is 6.07. The fourth-order valence-corrected chi connectivity index (χ4v) is 3.09.